The minimum atomic E-state index is 0.441. The second-order valence-electron chi connectivity index (χ2n) is 14.5. The van der Waals surface area contributed by atoms with Gasteiger partial charge in [0.1, 0.15) is 0 Å². The van der Waals surface area contributed by atoms with Crippen LogP contribution in [0, 0.1) is 0 Å². The lowest BCUT2D eigenvalue weighted by atomic mass is 9.87. The van der Waals surface area contributed by atoms with Gasteiger partial charge in [-0.25, -0.2) is 0 Å². The van der Waals surface area contributed by atoms with E-state index in [1.807, 2.05) is 11.3 Å². The van der Waals surface area contributed by atoms with Crippen molar-refractivity contribution in [1.82, 2.24) is 0 Å². The van der Waals surface area contributed by atoms with Gasteiger partial charge in [-0.1, -0.05) is 176 Å². The zero-order chi connectivity index (χ0) is 36.6. The Morgan fingerprint density at radius 1 is 0.382 bits per heavy atom. The Kier molecular flexibility index (Phi) is 8.63. The van der Waals surface area contributed by atoms with E-state index in [4.69, 9.17) is 0 Å². The molecule has 1 aliphatic carbocycles. The van der Waals surface area contributed by atoms with Gasteiger partial charge < -0.3 is 0 Å². The fourth-order valence-corrected chi connectivity index (χ4v) is 9.28. The predicted octanol–water partition coefficient (Wildman–Crippen LogP) is 15.5. The molecule has 0 saturated heterocycles. The third-order valence-electron chi connectivity index (χ3n) is 11.0. The average molecular weight is 719 g/mol. The van der Waals surface area contributed by atoms with Gasteiger partial charge in [0.15, 0.2) is 0 Å². The first-order chi connectivity index (χ1) is 27.2. The van der Waals surface area contributed by atoms with Crippen molar-refractivity contribution >= 4 is 37.1 Å². The molecule has 0 N–H and O–H groups in total. The first kappa shape index (κ1) is 33.1. The van der Waals surface area contributed by atoms with E-state index in [2.05, 4.69) is 212 Å². The van der Waals surface area contributed by atoms with Crippen LogP contribution in [-0.4, -0.2) is 0 Å². The van der Waals surface area contributed by atoms with Gasteiger partial charge in [-0.05, 0) is 110 Å². The standard InChI is InChI=1S/C54H38S/c1-4-12-37(13-5-1)40-22-24-41(25-23-40)44-18-10-19-45(32-44)42-26-28-43(29-27-42)46-20-11-21-48(33-46)50-35-49(39-16-8-3-9-17-39)36-52-51-34-47(38-14-6-2-7-15-38)30-31-53(51)55-54(50)52/h1-22,24-36,40H,23H2. The van der Waals surface area contributed by atoms with Crippen LogP contribution in [0.15, 0.2) is 212 Å². The summed E-state index contributed by atoms with van der Waals surface area (Å²) in [4.78, 5) is 0. The van der Waals surface area contributed by atoms with E-state index in [0.29, 0.717) is 5.92 Å². The van der Waals surface area contributed by atoms with Gasteiger partial charge in [0.05, 0.1) is 0 Å². The van der Waals surface area contributed by atoms with E-state index in [0.717, 1.165) is 6.42 Å². The molecule has 55 heavy (non-hydrogen) atoms. The second-order valence-corrected chi connectivity index (χ2v) is 15.5. The number of allylic oxidation sites excluding steroid dienone is 4. The molecule has 9 aromatic rings. The lowest BCUT2D eigenvalue weighted by Crippen LogP contribution is -1.98. The third-order valence-corrected chi connectivity index (χ3v) is 12.3. The molecule has 0 radical (unpaired) electrons. The molecule has 0 nitrogen and oxygen atoms in total. The van der Waals surface area contributed by atoms with Crippen LogP contribution in [0.4, 0.5) is 0 Å². The SMILES string of the molecule is C1=CC(c2ccccc2)CC=C1c1cccc(-c2ccc(-c3cccc(-c4cc(-c5ccccc5)cc5c4sc4ccc(-c6ccccc6)cc45)c3)cc2)c1. The topological polar surface area (TPSA) is 0 Å². The van der Waals surface area contributed by atoms with Gasteiger partial charge in [-0.2, -0.15) is 0 Å². The predicted molar refractivity (Wildman–Crippen MR) is 237 cm³/mol. The van der Waals surface area contributed by atoms with Crippen molar-refractivity contribution in [2.24, 2.45) is 0 Å². The zero-order valence-electron chi connectivity index (χ0n) is 30.4. The minimum Gasteiger partial charge on any atom is -0.135 e. The Balaban J connectivity index is 0.981. The first-order valence-electron chi connectivity index (χ1n) is 19.1. The van der Waals surface area contributed by atoms with Crippen LogP contribution in [0.5, 0.6) is 0 Å². The maximum atomic E-state index is 2.39. The monoisotopic (exact) mass is 718 g/mol. The molecule has 0 amide bonds. The first-order valence-corrected chi connectivity index (χ1v) is 19.9. The summed E-state index contributed by atoms with van der Waals surface area (Å²) in [6.07, 6.45) is 8.05. The summed E-state index contributed by atoms with van der Waals surface area (Å²) < 4.78 is 2.63. The van der Waals surface area contributed by atoms with Gasteiger partial charge in [-0.3, -0.25) is 0 Å². The molecule has 0 saturated carbocycles. The number of benzene rings is 8. The summed E-state index contributed by atoms with van der Waals surface area (Å²) in [5.41, 5.74) is 16.3. The summed E-state index contributed by atoms with van der Waals surface area (Å²) in [6, 6.07) is 71.1. The van der Waals surface area contributed by atoms with Crippen molar-refractivity contribution in [3.8, 4) is 55.6 Å². The largest absolute Gasteiger partial charge is 0.135 e. The minimum absolute atomic E-state index is 0.441. The van der Waals surface area contributed by atoms with Crippen LogP contribution in [0.25, 0.3) is 81.4 Å². The van der Waals surface area contributed by atoms with Crippen LogP contribution in [0.1, 0.15) is 23.5 Å². The fourth-order valence-electron chi connectivity index (χ4n) is 8.08. The van der Waals surface area contributed by atoms with Gasteiger partial charge in [-0.15, -0.1) is 11.3 Å². The number of thiophene rings is 1. The Morgan fingerprint density at radius 2 is 0.891 bits per heavy atom. The van der Waals surface area contributed by atoms with E-state index in [-0.39, 0.29) is 0 Å². The maximum Gasteiger partial charge on any atom is 0.0434 e. The van der Waals surface area contributed by atoms with E-state index < -0.39 is 0 Å². The Labute approximate surface area is 327 Å². The summed E-state index contributed by atoms with van der Waals surface area (Å²) >= 11 is 1.89. The van der Waals surface area contributed by atoms with Crippen molar-refractivity contribution in [3.63, 3.8) is 0 Å². The summed E-state index contributed by atoms with van der Waals surface area (Å²) in [6.45, 7) is 0. The van der Waals surface area contributed by atoms with E-state index in [1.165, 1.54) is 92.5 Å². The molecule has 1 atom stereocenters. The van der Waals surface area contributed by atoms with Gasteiger partial charge >= 0.3 is 0 Å². The summed E-state index contributed by atoms with van der Waals surface area (Å²) in [5, 5.41) is 2.62. The number of rotatable bonds is 7. The summed E-state index contributed by atoms with van der Waals surface area (Å²) in [7, 11) is 0. The number of hydrogen-bond donors (Lipinski definition) is 0. The molecule has 0 fully saturated rings. The highest BCUT2D eigenvalue weighted by Gasteiger charge is 2.16. The van der Waals surface area contributed by atoms with Crippen LogP contribution in [-0.2, 0) is 0 Å². The molecule has 1 aliphatic rings. The Bertz CT molecular complexity index is 2860. The van der Waals surface area contributed by atoms with E-state index in [9.17, 15) is 0 Å². The summed E-state index contributed by atoms with van der Waals surface area (Å²) in [5.74, 6) is 0.441. The van der Waals surface area contributed by atoms with Crippen molar-refractivity contribution < 1.29 is 0 Å². The molecule has 1 heterocycles. The molecular weight excluding hydrogens is 681 g/mol. The van der Waals surface area contributed by atoms with E-state index in [1.54, 1.807) is 0 Å². The highest BCUT2D eigenvalue weighted by atomic mass is 32.1. The van der Waals surface area contributed by atoms with Gasteiger partial charge in [0.25, 0.3) is 0 Å². The zero-order valence-corrected chi connectivity index (χ0v) is 31.2. The molecule has 0 bridgehead atoms. The van der Waals surface area contributed by atoms with Crippen LogP contribution in [0.2, 0.25) is 0 Å². The molecule has 1 unspecified atom stereocenters. The highest BCUT2D eigenvalue weighted by Crippen LogP contribution is 2.44. The fraction of sp³-hybridized carbons (Fsp3) is 0.0370. The van der Waals surface area contributed by atoms with Crippen LogP contribution in [0.3, 0.4) is 0 Å². The molecule has 10 rings (SSSR count). The van der Waals surface area contributed by atoms with Crippen LogP contribution >= 0.6 is 11.3 Å². The van der Waals surface area contributed by atoms with Crippen LogP contribution < -0.4 is 0 Å². The highest BCUT2D eigenvalue weighted by molar-refractivity contribution is 7.26. The Hall–Kier alpha value is -6.54. The van der Waals surface area contributed by atoms with Crippen molar-refractivity contribution in [2.75, 3.05) is 0 Å². The average Bonchev–Trinajstić information content (AvgIpc) is 3.65. The molecular formula is C54H38S. The van der Waals surface area contributed by atoms with Gasteiger partial charge in [0, 0.05) is 31.7 Å². The molecule has 0 aliphatic heterocycles. The second kappa shape index (κ2) is 14.4. The van der Waals surface area contributed by atoms with Gasteiger partial charge in [0.2, 0.25) is 0 Å². The lowest BCUT2D eigenvalue weighted by molar-refractivity contribution is 0.856. The van der Waals surface area contributed by atoms with E-state index >= 15 is 0 Å². The quantitative estimate of drug-likeness (QED) is 0.154. The molecule has 260 valence electrons. The molecule has 0 spiro atoms. The lowest BCUT2D eigenvalue weighted by Gasteiger charge is -2.17. The number of fused-ring (bicyclic) bond motifs is 3. The normalized spacial score (nSPS) is 14.0. The van der Waals surface area contributed by atoms with Crippen molar-refractivity contribution in [2.45, 2.75) is 12.3 Å². The number of hydrogen-bond acceptors (Lipinski definition) is 1. The van der Waals surface area contributed by atoms with Crippen molar-refractivity contribution in [1.29, 1.82) is 0 Å². The molecule has 8 aromatic carbocycles. The van der Waals surface area contributed by atoms with Crippen molar-refractivity contribution in [3.05, 3.63) is 223 Å². The smallest absolute Gasteiger partial charge is 0.0434 e. The molecule has 1 heteroatoms. The maximum absolute atomic E-state index is 2.39. The third kappa shape index (κ3) is 6.54. The Morgan fingerprint density at radius 3 is 1.55 bits per heavy atom. The molecule has 1 aromatic heterocycles.